The fourth-order valence-electron chi connectivity index (χ4n) is 1.00. The molecule has 1 heterocycles. The van der Waals surface area contributed by atoms with Crippen molar-refractivity contribution in [3.63, 3.8) is 0 Å². The Morgan fingerprint density at radius 1 is 1.91 bits per heavy atom. The second-order valence-corrected chi connectivity index (χ2v) is 2.55. The number of imidazole rings is 1. The summed E-state index contributed by atoms with van der Waals surface area (Å²) in [6.07, 6.45) is 5.38. The van der Waals surface area contributed by atoms with Crippen LogP contribution in [-0.2, 0) is 6.54 Å². The number of allylic oxidation sites excluding steroid dienone is 1. The minimum absolute atomic E-state index is 0.0393. The van der Waals surface area contributed by atoms with Crippen molar-refractivity contribution < 1.29 is 0 Å². The van der Waals surface area contributed by atoms with Gasteiger partial charge < -0.3 is 10.3 Å². The molecule has 11 heavy (non-hydrogen) atoms. The third kappa shape index (κ3) is 1.68. The first kappa shape index (κ1) is 8.01. The third-order valence-electron chi connectivity index (χ3n) is 1.54. The van der Waals surface area contributed by atoms with Gasteiger partial charge in [-0.3, -0.25) is 0 Å². The van der Waals surface area contributed by atoms with Crippen molar-refractivity contribution in [2.45, 2.75) is 19.5 Å². The number of nitrogens with zero attached hydrogens (tertiary/aromatic N) is 2. The molecule has 0 saturated heterocycles. The summed E-state index contributed by atoms with van der Waals surface area (Å²) in [5.74, 6) is 0. The van der Waals surface area contributed by atoms with Gasteiger partial charge in [-0.2, -0.15) is 0 Å². The van der Waals surface area contributed by atoms with Gasteiger partial charge in [-0.05, 0) is 6.92 Å². The Bertz CT molecular complexity index is 237. The Balaban J connectivity index is 2.86. The van der Waals surface area contributed by atoms with Crippen LogP contribution >= 0.6 is 0 Å². The molecule has 1 unspecified atom stereocenters. The van der Waals surface area contributed by atoms with E-state index in [1.54, 1.807) is 12.5 Å². The van der Waals surface area contributed by atoms with E-state index in [9.17, 15) is 0 Å². The quantitative estimate of drug-likeness (QED) is 0.657. The molecule has 3 nitrogen and oxygen atoms in total. The van der Waals surface area contributed by atoms with Crippen molar-refractivity contribution in [2.75, 3.05) is 0 Å². The van der Waals surface area contributed by atoms with Crippen LogP contribution in [0.1, 0.15) is 18.7 Å². The fourth-order valence-corrected chi connectivity index (χ4v) is 1.00. The first-order chi connectivity index (χ1) is 5.25. The molecule has 1 atom stereocenters. The molecule has 0 amide bonds. The van der Waals surface area contributed by atoms with Crippen LogP contribution in [0, 0.1) is 0 Å². The minimum Gasteiger partial charge on any atom is -0.329 e. The smallest absolute Gasteiger partial charge is 0.0951 e. The van der Waals surface area contributed by atoms with E-state index < -0.39 is 0 Å². The second kappa shape index (κ2) is 3.34. The van der Waals surface area contributed by atoms with E-state index in [0.29, 0.717) is 0 Å². The van der Waals surface area contributed by atoms with Gasteiger partial charge in [-0.25, -0.2) is 4.98 Å². The molecule has 3 heteroatoms. The lowest BCUT2D eigenvalue weighted by Gasteiger charge is -2.07. The van der Waals surface area contributed by atoms with Crippen molar-refractivity contribution in [1.82, 2.24) is 9.55 Å². The number of aromatic nitrogens is 2. The van der Waals surface area contributed by atoms with Gasteiger partial charge in [0.2, 0.25) is 0 Å². The third-order valence-corrected chi connectivity index (χ3v) is 1.54. The highest BCUT2D eigenvalue weighted by molar-refractivity contribution is 5.03. The Kier molecular flexibility index (Phi) is 2.44. The zero-order chi connectivity index (χ0) is 8.27. The van der Waals surface area contributed by atoms with E-state index in [1.807, 2.05) is 17.6 Å². The molecular formula is C8H13N3. The molecule has 0 saturated carbocycles. The zero-order valence-corrected chi connectivity index (χ0v) is 6.70. The summed E-state index contributed by atoms with van der Waals surface area (Å²) in [6, 6.07) is 0.0393. The highest BCUT2D eigenvalue weighted by atomic mass is 15.1. The van der Waals surface area contributed by atoms with E-state index in [4.69, 9.17) is 5.73 Å². The van der Waals surface area contributed by atoms with Crippen LogP contribution in [-0.4, -0.2) is 9.55 Å². The van der Waals surface area contributed by atoms with Gasteiger partial charge in [-0.15, -0.1) is 6.58 Å². The Labute approximate surface area is 66.5 Å². The van der Waals surface area contributed by atoms with Crippen molar-refractivity contribution in [2.24, 2.45) is 5.73 Å². The summed E-state index contributed by atoms with van der Waals surface area (Å²) in [7, 11) is 0. The molecule has 0 spiro atoms. The van der Waals surface area contributed by atoms with Gasteiger partial charge in [0.25, 0.3) is 0 Å². The van der Waals surface area contributed by atoms with Crippen LogP contribution in [0.15, 0.2) is 25.2 Å². The first-order valence-electron chi connectivity index (χ1n) is 3.62. The van der Waals surface area contributed by atoms with Crippen LogP contribution < -0.4 is 5.73 Å². The summed E-state index contributed by atoms with van der Waals surface area (Å²) in [5, 5.41) is 0. The predicted molar refractivity (Wildman–Crippen MR) is 45.0 cm³/mol. The summed E-state index contributed by atoms with van der Waals surface area (Å²) < 4.78 is 1.98. The van der Waals surface area contributed by atoms with Gasteiger partial charge in [0, 0.05) is 18.8 Å². The van der Waals surface area contributed by atoms with Gasteiger partial charge in [0.1, 0.15) is 0 Å². The van der Waals surface area contributed by atoms with Crippen LogP contribution in [0.3, 0.4) is 0 Å². The van der Waals surface area contributed by atoms with Gasteiger partial charge in [-0.1, -0.05) is 6.08 Å². The molecule has 0 aliphatic carbocycles. The lowest BCUT2D eigenvalue weighted by atomic mass is 10.3. The number of hydrogen-bond acceptors (Lipinski definition) is 2. The Hall–Kier alpha value is -1.09. The van der Waals surface area contributed by atoms with Gasteiger partial charge >= 0.3 is 0 Å². The van der Waals surface area contributed by atoms with E-state index in [0.717, 1.165) is 12.2 Å². The maximum atomic E-state index is 5.69. The SMILES string of the molecule is C=CCn1cncc1C(C)N. The largest absolute Gasteiger partial charge is 0.329 e. The monoisotopic (exact) mass is 151 g/mol. The standard InChI is InChI=1S/C8H13N3/c1-3-4-11-6-10-5-8(11)7(2)9/h3,5-7H,1,4,9H2,2H3. The molecule has 0 bridgehead atoms. The summed E-state index contributed by atoms with van der Waals surface area (Å²) in [5.41, 5.74) is 6.74. The summed E-state index contributed by atoms with van der Waals surface area (Å²) in [6.45, 7) is 6.36. The van der Waals surface area contributed by atoms with Crippen molar-refractivity contribution in [3.05, 3.63) is 30.9 Å². The lowest BCUT2D eigenvalue weighted by molar-refractivity contribution is 0.683. The molecule has 2 N–H and O–H groups in total. The topological polar surface area (TPSA) is 43.8 Å². The molecular weight excluding hydrogens is 138 g/mol. The normalized spacial score (nSPS) is 12.9. The summed E-state index contributed by atoms with van der Waals surface area (Å²) in [4.78, 5) is 4.00. The molecule has 0 radical (unpaired) electrons. The lowest BCUT2D eigenvalue weighted by Crippen LogP contribution is -2.10. The molecule has 1 rings (SSSR count). The maximum absolute atomic E-state index is 5.69. The second-order valence-electron chi connectivity index (χ2n) is 2.55. The molecule has 0 fully saturated rings. The number of nitrogens with two attached hydrogens (primary N) is 1. The van der Waals surface area contributed by atoms with E-state index in [2.05, 4.69) is 11.6 Å². The van der Waals surface area contributed by atoms with Crippen molar-refractivity contribution >= 4 is 0 Å². The average Bonchev–Trinajstić information content (AvgIpc) is 2.36. The van der Waals surface area contributed by atoms with Crippen molar-refractivity contribution in [3.8, 4) is 0 Å². The molecule has 60 valence electrons. The van der Waals surface area contributed by atoms with E-state index >= 15 is 0 Å². The van der Waals surface area contributed by atoms with Crippen LogP contribution in [0.5, 0.6) is 0 Å². The highest BCUT2D eigenvalue weighted by Crippen LogP contribution is 2.07. The minimum atomic E-state index is 0.0393. The maximum Gasteiger partial charge on any atom is 0.0951 e. The molecule has 0 aromatic carbocycles. The summed E-state index contributed by atoms with van der Waals surface area (Å²) >= 11 is 0. The van der Waals surface area contributed by atoms with Crippen LogP contribution in [0.4, 0.5) is 0 Å². The first-order valence-corrected chi connectivity index (χ1v) is 3.62. The average molecular weight is 151 g/mol. The highest BCUT2D eigenvalue weighted by Gasteiger charge is 2.03. The van der Waals surface area contributed by atoms with Gasteiger partial charge in [0.05, 0.1) is 12.0 Å². The van der Waals surface area contributed by atoms with Crippen molar-refractivity contribution in [1.29, 1.82) is 0 Å². The molecule has 1 aromatic rings. The Morgan fingerprint density at radius 3 is 3.18 bits per heavy atom. The molecule has 0 aliphatic heterocycles. The van der Waals surface area contributed by atoms with Gasteiger partial charge in [0.15, 0.2) is 0 Å². The Morgan fingerprint density at radius 2 is 2.64 bits per heavy atom. The van der Waals surface area contributed by atoms with E-state index in [1.165, 1.54) is 0 Å². The van der Waals surface area contributed by atoms with Crippen LogP contribution in [0.2, 0.25) is 0 Å². The fraction of sp³-hybridized carbons (Fsp3) is 0.375. The number of hydrogen-bond donors (Lipinski definition) is 1. The van der Waals surface area contributed by atoms with E-state index in [-0.39, 0.29) is 6.04 Å². The zero-order valence-electron chi connectivity index (χ0n) is 6.70. The number of rotatable bonds is 3. The predicted octanol–water partition coefficient (Wildman–Crippen LogP) is 1.09. The van der Waals surface area contributed by atoms with Crippen LogP contribution in [0.25, 0.3) is 0 Å². The molecule has 0 aliphatic rings. The molecule has 1 aromatic heterocycles.